The molecule has 3 aromatic heterocycles. The largest absolute Gasteiger partial charge is 0.354 e. The lowest BCUT2D eigenvalue weighted by Crippen LogP contribution is -2.47. The Bertz CT molecular complexity index is 1420. The Labute approximate surface area is 196 Å². The molecular weight excluding hydrogens is 426 g/mol. The first-order valence-electron chi connectivity index (χ1n) is 11.1. The van der Waals surface area contributed by atoms with Crippen LogP contribution in [0.15, 0.2) is 79.3 Å². The molecule has 0 unspecified atom stereocenters. The molecular formula is C26H24N7O+. The molecule has 0 radical (unpaired) electrons. The third-order valence-corrected chi connectivity index (χ3v) is 5.67. The number of quaternary nitrogens is 1. The summed E-state index contributed by atoms with van der Waals surface area (Å²) in [6.07, 6.45) is 3.63. The van der Waals surface area contributed by atoms with Crippen molar-refractivity contribution in [1.82, 2.24) is 30.5 Å². The molecule has 2 aromatic carbocycles. The van der Waals surface area contributed by atoms with Gasteiger partial charge in [0, 0.05) is 41.2 Å². The molecule has 0 aliphatic carbocycles. The molecule has 0 fully saturated rings. The number of aromatic amines is 1. The van der Waals surface area contributed by atoms with Gasteiger partial charge >= 0.3 is 0 Å². The molecule has 5 rings (SSSR count). The van der Waals surface area contributed by atoms with Crippen molar-refractivity contribution in [3.63, 3.8) is 0 Å². The number of nitrogens with zero attached hydrogens (tertiary/aromatic N) is 4. The molecule has 8 nitrogen and oxygen atoms in total. The Morgan fingerprint density at radius 3 is 2.53 bits per heavy atom. The third kappa shape index (κ3) is 4.39. The van der Waals surface area contributed by atoms with Crippen LogP contribution in [0.3, 0.4) is 0 Å². The number of H-pyrrole nitrogens is 1. The average molecular weight is 451 g/mol. The molecule has 0 aliphatic heterocycles. The van der Waals surface area contributed by atoms with Crippen LogP contribution >= 0.6 is 0 Å². The highest BCUT2D eigenvalue weighted by Gasteiger charge is 2.17. The van der Waals surface area contributed by atoms with Gasteiger partial charge in [0.25, 0.3) is 5.91 Å². The normalized spacial score (nSPS) is 11.0. The van der Waals surface area contributed by atoms with Crippen LogP contribution < -0.4 is 11.1 Å². The fourth-order valence-corrected chi connectivity index (χ4v) is 3.89. The maximum Gasteiger partial charge on any atom is 0.270 e. The first-order chi connectivity index (χ1) is 16.7. The number of carbonyl (C=O) groups is 1. The van der Waals surface area contributed by atoms with Crippen LogP contribution in [0.4, 0.5) is 0 Å². The maximum atomic E-state index is 13.0. The molecule has 0 spiro atoms. The van der Waals surface area contributed by atoms with Crippen LogP contribution in [0, 0.1) is 0 Å². The first-order valence-corrected chi connectivity index (χ1v) is 11.1. The highest BCUT2D eigenvalue weighted by molar-refractivity contribution is 6.06. The number of hydrogen-bond acceptors (Lipinski definition) is 5. The number of amides is 1. The minimum Gasteiger partial charge on any atom is -0.354 e. The molecule has 168 valence electrons. The zero-order chi connectivity index (χ0) is 23.3. The standard InChI is InChI=1S/C26H23N7O/c27-15-17-6-8-19(9-7-17)24-20(18-4-2-1-3-5-18)14-21-22(32-24)10-12-28-25(21)26(34)29-13-11-23-30-16-31-33-23/h1-10,12,14,16H,11,13,15,27H2,(H,29,34)(H,30,31,33)/p+1. The lowest BCUT2D eigenvalue weighted by atomic mass is 9.96. The fraction of sp³-hybridized carbons (Fsp3) is 0.115. The second kappa shape index (κ2) is 9.60. The second-order valence-electron chi connectivity index (χ2n) is 7.86. The topological polar surface area (TPSA) is 124 Å². The number of aromatic nitrogens is 5. The highest BCUT2D eigenvalue weighted by Crippen LogP contribution is 2.34. The quantitative estimate of drug-likeness (QED) is 0.352. The Hall–Kier alpha value is -4.43. The number of rotatable bonds is 7. The van der Waals surface area contributed by atoms with E-state index < -0.39 is 0 Å². The monoisotopic (exact) mass is 450 g/mol. The molecule has 0 saturated carbocycles. The summed E-state index contributed by atoms with van der Waals surface area (Å²) in [4.78, 5) is 26.5. The van der Waals surface area contributed by atoms with E-state index in [9.17, 15) is 4.79 Å². The predicted molar refractivity (Wildman–Crippen MR) is 129 cm³/mol. The molecule has 0 saturated heterocycles. The van der Waals surface area contributed by atoms with E-state index in [1.54, 1.807) is 6.20 Å². The van der Waals surface area contributed by atoms with Crippen LogP contribution in [-0.4, -0.2) is 37.6 Å². The summed E-state index contributed by atoms with van der Waals surface area (Å²) < 4.78 is 0. The van der Waals surface area contributed by atoms with Crippen molar-refractivity contribution in [2.24, 2.45) is 0 Å². The SMILES string of the molecule is [NH3+]Cc1ccc(-c2nc3ccnc(C(=O)NCCc4ncn[nH]4)c3cc2-c2ccccc2)cc1. The zero-order valence-corrected chi connectivity index (χ0v) is 18.5. The molecule has 0 aliphatic rings. The van der Waals surface area contributed by atoms with Gasteiger partial charge in [-0.2, -0.15) is 5.10 Å². The average Bonchev–Trinajstić information content (AvgIpc) is 3.41. The van der Waals surface area contributed by atoms with Gasteiger partial charge in [-0.3, -0.25) is 14.9 Å². The van der Waals surface area contributed by atoms with Crippen molar-refractivity contribution in [3.05, 3.63) is 96.3 Å². The maximum absolute atomic E-state index is 13.0. The Kier molecular flexibility index (Phi) is 6.05. The highest BCUT2D eigenvalue weighted by atomic mass is 16.1. The number of hydrogen-bond donors (Lipinski definition) is 3. The van der Waals surface area contributed by atoms with E-state index in [-0.39, 0.29) is 5.91 Å². The summed E-state index contributed by atoms with van der Waals surface area (Å²) in [5.74, 6) is 0.465. The van der Waals surface area contributed by atoms with Gasteiger partial charge in [-0.1, -0.05) is 54.6 Å². The van der Waals surface area contributed by atoms with Gasteiger partial charge in [-0.05, 0) is 17.7 Å². The van der Waals surface area contributed by atoms with Gasteiger partial charge < -0.3 is 11.1 Å². The van der Waals surface area contributed by atoms with Gasteiger partial charge in [0.05, 0.1) is 17.8 Å². The minimum absolute atomic E-state index is 0.251. The summed E-state index contributed by atoms with van der Waals surface area (Å²) in [6, 6.07) is 22.2. The van der Waals surface area contributed by atoms with Crippen LogP contribution in [0.1, 0.15) is 21.9 Å². The van der Waals surface area contributed by atoms with E-state index in [0.717, 1.165) is 28.9 Å². The van der Waals surface area contributed by atoms with Gasteiger partial charge in [0.1, 0.15) is 17.8 Å². The molecule has 1 amide bonds. The van der Waals surface area contributed by atoms with Crippen molar-refractivity contribution < 1.29 is 10.5 Å². The summed E-state index contributed by atoms with van der Waals surface area (Å²) in [7, 11) is 0. The number of nitrogens with one attached hydrogen (secondary N) is 2. The van der Waals surface area contributed by atoms with Gasteiger partial charge in [-0.25, -0.2) is 9.97 Å². The number of carbonyl (C=O) groups excluding carboxylic acids is 1. The summed E-state index contributed by atoms with van der Waals surface area (Å²) in [5.41, 5.74) is 10.0. The number of pyridine rings is 2. The van der Waals surface area contributed by atoms with E-state index in [0.29, 0.717) is 35.4 Å². The molecule has 5 N–H and O–H groups in total. The van der Waals surface area contributed by atoms with Crippen molar-refractivity contribution >= 4 is 16.8 Å². The lowest BCUT2D eigenvalue weighted by Gasteiger charge is -2.13. The number of benzene rings is 2. The van der Waals surface area contributed by atoms with E-state index in [2.05, 4.69) is 55.5 Å². The molecule has 0 bridgehead atoms. The minimum atomic E-state index is -0.251. The number of fused-ring (bicyclic) bond motifs is 1. The van der Waals surface area contributed by atoms with E-state index >= 15 is 0 Å². The van der Waals surface area contributed by atoms with Crippen molar-refractivity contribution in [2.75, 3.05) is 6.54 Å². The van der Waals surface area contributed by atoms with Crippen LogP contribution in [-0.2, 0) is 13.0 Å². The van der Waals surface area contributed by atoms with Crippen LogP contribution in [0.5, 0.6) is 0 Å². The molecule has 34 heavy (non-hydrogen) atoms. The fourth-order valence-electron chi connectivity index (χ4n) is 3.89. The summed E-state index contributed by atoms with van der Waals surface area (Å²) in [6.45, 7) is 1.15. The van der Waals surface area contributed by atoms with Gasteiger partial charge in [0.15, 0.2) is 0 Å². The summed E-state index contributed by atoms with van der Waals surface area (Å²) in [5, 5.41) is 10.3. The smallest absolute Gasteiger partial charge is 0.270 e. The van der Waals surface area contributed by atoms with Crippen molar-refractivity contribution in [3.8, 4) is 22.4 Å². The Morgan fingerprint density at radius 1 is 0.971 bits per heavy atom. The van der Waals surface area contributed by atoms with Crippen molar-refractivity contribution in [2.45, 2.75) is 13.0 Å². The van der Waals surface area contributed by atoms with Gasteiger partial charge in [0.2, 0.25) is 0 Å². The summed E-state index contributed by atoms with van der Waals surface area (Å²) >= 11 is 0. The molecule has 0 atom stereocenters. The molecule has 5 aromatic rings. The van der Waals surface area contributed by atoms with Gasteiger partial charge in [-0.15, -0.1) is 0 Å². The zero-order valence-electron chi connectivity index (χ0n) is 18.5. The lowest BCUT2D eigenvalue weighted by molar-refractivity contribution is -0.386. The van der Waals surface area contributed by atoms with Crippen LogP contribution in [0.2, 0.25) is 0 Å². The molecule has 8 heteroatoms. The van der Waals surface area contributed by atoms with E-state index in [4.69, 9.17) is 4.98 Å². The second-order valence-corrected chi connectivity index (χ2v) is 7.86. The third-order valence-electron chi connectivity index (χ3n) is 5.67. The van der Waals surface area contributed by atoms with E-state index in [1.807, 2.05) is 42.5 Å². The van der Waals surface area contributed by atoms with E-state index in [1.165, 1.54) is 11.9 Å². The Morgan fingerprint density at radius 2 is 1.79 bits per heavy atom. The van der Waals surface area contributed by atoms with Crippen LogP contribution in [0.25, 0.3) is 33.3 Å². The predicted octanol–water partition coefficient (Wildman–Crippen LogP) is 2.80. The first kappa shape index (κ1) is 21.4. The molecule has 3 heterocycles. The Balaban J connectivity index is 1.56. The van der Waals surface area contributed by atoms with Crippen molar-refractivity contribution in [1.29, 1.82) is 0 Å².